The molecule has 3 aromatic carbocycles. The smallest absolute Gasteiger partial charge is 0.175 e. The first kappa shape index (κ1) is 19.8. The third-order valence-corrected chi connectivity index (χ3v) is 6.59. The first-order valence-electron chi connectivity index (χ1n) is 10.6. The molecule has 1 heterocycles. The molecule has 1 aliphatic heterocycles. The van der Waals surface area contributed by atoms with E-state index < -0.39 is 5.72 Å². The van der Waals surface area contributed by atoms with Gasteiger partial charge >= 0.3 is 0 Å². The van der Waals surface area contributed by atoms with Crippen LogP contribution in [-0.4, -0.2) is 22.2 Å². The fourth-order valence-corrected chi connectivity index (χ4v) is 5.06. The Bertz CT molecular complexity index is 1010. The van der Waals surface area contributed by atoms with Gasteiger partial charge in [-0.2, -0.15) is 0 Å². The predicted octanol–water partition coefficient (Wildman–Crippen LogP) is 5.49. The van der Waals surface area contributed by atoms with Crippen LogP contribution in [0, 0.1) is 0 Å². The van der Waals surface area contributed by atoms with E-state index in [1.165, 1.54) is 16.7 Å². The number of benzene rings is 3. The number of fused-ring (bicyclic) bond motifs is 1. The zero-order chi connectivity index (χ0) is 20.6. The lowest BCUT2D eigenvalue weighted by Gasteiger charge is -2.41. The zero-order valence-electron chi connectivity index (χ0n) is 16.9. The highest BCUT2D eigenvalue weighted by Gasteiger charge is 2.49. The maximum atomic E-state index is 10.1. The number of ether oxygens (including phenoxy) is 1. The molecule has 5 rings (SSSR count). The van der Waals surface area contributed by atoms with Crippen LogP contribution in [0.1, 0.15) is 41.5 Å². The molecule has 154 valence electrons. The normalized spacial score (nSPS) is 26.1. The van der Waals surface area contributed by atoms with Gasteiger partial charge in [0.25, 0.3) is 0 Å². The van der Waals surface area contributed by atoms with Crippen LogP contribution in [0.2, 0.25) is 5.02 Å². The van der Waals surface area contributed by atoms with Crippen molar-refractivity contribution in [2.45, 2.75) is 50.3 Å². The highest BCUT2D eigenvalue weighted by Crippen LogP contribution is 2.48. The molecule has 0 bridgehead atoms. The summed E-state index contributed by atoms with van der Waals surface area (Å²) in [6.45, 7) is 1.58. The van der Waals surface area contributed by atoms with Gasteiger partial charge in [-0.05, 0) is 42.5 Å². The number of hydrogen-bond donors (Lipinski definition) is 1. The second-order valence-corrected chi connectivity index (χ2v) is 8.79. The average Bonchev–Trinajstić information content (AvgIpc) is 3.31. The largest absolute Gasteiger partial charge is 0.393 e. The SMILES string of the molecule is OC1CCC(OC2(c3ccc(Cl)cc3)c3ccccc3CN2Cc2ccccc2)C1. The summed E-state index contributed by atoms with van der Waals surface area (Å²) in [5.41, 5.74) is 4.09. The summed E-state index contributed by atoms with van der Waals surface area (Å²) in [6, 6.07) is 27.1. The number of rotatable bonds is 5. The molecule has 3 unspecified atom stereocenters. The first-order valence-corrected chi connectivity index (χ1v) is 11.0. The topological polar surface area (TPSA) is 32.7 Å². The lowest BCUT2D eigenvalue weighted by Crippen LogP contribution is -2.46. The van der Waals surface area contributed by atoms with Crippen molar-refractivity contribution in [1.82, 2.24) is 4.90 Å². The molecule has 1 aliphatic carbocycles. The first-order chi connectivity index (χ1) is 14.6. The van der Waals surface area contributed by atoms with Gasteiger partial charge in [-0.15, -0.1) is 0 Å². The Morgan fingerprint density at radius 1 is 0.933 bits per heavy atom. The van der Waals surface area contributed by atoms with E-state index in [2.05, 4.69) is 65.6 Å². The number of nitrogens with zero attached hydrogens (tertiary/aromatic N) is 1. The number of hydrogen-bond acceptors (Lipinski definition) is 3. The Morgan fingerprint density at radius 3 is 2.40 bits per heavy atom. The third kappa shape index (κ3) is 3.57. The summed E-state index contributed by atoms with van der Waals surface area (Å²) < 4.78 is 6.99. The third-order valence-electron chi connectivity index (χ3n) is 6.33. The Labute approximate surface area is 182 Å². The van der Waals surface area contributed by atoms with Crippen LogP contribution in [0.3, 0.4) is 0 Å². The molecule has 0 radical (unpaired) electrons. The Balaban J connectivity index is 1.64. The highest BCUT2D eigenvalue weighted by atomic mass is 35.5. The quantitative estimate of drug-likeness (QED) is 0.593. The average molecular weight is 420 g/mol. The molecule has 0 saturated heterocycles. The van der Waals surface area contributed by atoms with E-state index in [0.717, 1.165) is 31.5 Å². The maximum Gasteiger partial charge on any atom is 0.175 e. The monoisotopic (exact) mass is 419 g/mol. The fraction of sp³-hybridized carbons (Fsp3) is 0.308. The van der Waals surface area contributed by atoms with Crippen LogP contribution in [0.15, 0.2) is 78.9 Å². The van der Waals surface area contributed by atoms with E-state index in [1.54, 1.807) is 0 Å². The number of halogens is 1. The van der Waals surface area contributed by atoms with Crippen molar-refractivity contribution in [1.29, 1.82) is 0 Å². The van der Waals surface area contributed by atoms with Crippen molar-refractivity contribution in [2.24, 2.45) is 0 Å². The van der Waals surface area contributed by atoms with Gasteiger partial charge in [0.2, 0.25) is 0 Å². The van der Waals surface area contributed by atoms with E-state index in [-0.39, 0.29) is 12.2 Å². The van der Waals surface area contributed by atoms with Crippen molar-refractivity contribution in [2.75, 3.05) is 0 Å². The van der Waals surface area contributed by atoms with E-state index in [0.29, 0.717) is 11.4 Å². The minimum absolute atomic E-state index is 0.0140. The van der Waals surface area contributed by atoms with Gasteiger partial charge in [0.05, 0.1) is 12.2 Å². The maximum absolute atomic E-state index is 10.1. The summed E-state index contributed by atoms with van der Waals surface area (Å²) in [7, 11) is 0. The van der Waals surface area contributed by atoms with E-state index in [9.17, 15) is 5.11 Å². The molecular weight excluding hydrogens is 394 g/mol. The molecule has 1 fully saturated rings. The van der Waals surface area contributed by atoms with E-state index >= 15 is 0 Å². The molecule has 30 heavy (non-hydrogen) atoms. The van der Waals surface area contributed by atoms with E-state index in [4.69, 9.17) is 16.3 Å². The molecule has 0 spiro atoms. The molecule has 3 nitrogen and oxygen atoms in total. The van der Waals surface area contributed by atoms with Gasteiger partial charge in [-0.1, -0.05) is 78.3 Å². The molecule has 4 heteroatoms. The predicted molar refractivity (Wildman–Crippen MR) is 119 cm³/mol. The lowest BCUT2D eigenvalue weighted by molar-refractivity contribution is -0.164. The van der Waals surface area contributed by atoms with Crippen molar-refractivity contribution >= 4 is 11.6 Å². The fourth-order valence-electron chi connectivity index (χ4n) is 4.93. The van der Waals surface area contributed by atoms with Crippen molar-refractivity contribution in [3.63, 3.8) is 0 Å². The summed E-state index contributed by atoms with van der Waals surface area (Å²) in [6.07, 6.45) is 2.08. The summed E-state index contributed by atoms with van der Waals surface area (Å²) in [5.74, 6) is 0. The summed E-state index contributed by atoms with van der Waals surface area (Å²) >= 11 is 6.23. The number of aliphatic hydroxyl groups excluding tert-OH is 1. The van der Waals surface area contributed by atoms with Crippen LogP contribution in [-0.2, 0) is 23.6 Å². The Kier molecular flexibility index (Phi) is 5.38. The zero-order valence-corrected chi connectivity index (χ0v) is 17.6. The van der Waals surface area contributed by atoms with Crippen LogP contribution >= 0.6 is 11.6 Å². The second kappa shape index (κ2) is 8.16. The van der Waals surface area contributed by atoms with Gasteiger partial charge in [0.1, 0.15) is 0 Å². The van der Waals surface area contributed by atoms with Crippen LogP contribution in [0.4, 0.5) is 0 Å². The Hall–Kier alpha value is -2.17. The van der Waals surface area contributed by atoms with Crippen LogP contribution < -0.4 is 0 Å². The minimum atomic E-state index is -0.703. The summed E-state index contributed by atoms with van der Waals surface area (Å²) in [5, 5.41) is 10.9. The second-order valence-electron chi connectivity index (χ2n) is 8.36. The van der Waals surface area contributed by atoms with Crippen LogP contribution in [0.5, 0.6) is 0 Å². The van der Waals surface area contributed by atoms with Crippen molar-refractivity contribution in [3.8, 4) is 0 Å². The van der Waals surface area contributed by atoms with Gasteiger partial charge in [-0.3, -0.25) is 4.90 Å². The Morgan fingerprint density at radius 2 is 1.67 bits per heavy atom. The molecule has 2 aliphatic rings. The van der Waals surface area contributed by atoms with Crippen molar-refractivity contribution < 1.29 is 9.84 Å². The highest BCUT2D eigenvalue weighted by molar-refractivity contribution is 6.30. The van der Waals surface area contributed by atoms with Crippen LogP contribution in [0.25, 0.3) is 0 Å². The molecule has 3 aromatic rings. The molecule has 0 aromatic heterocycles. The molecule has 1 N–H and O–H groups in total. The van der Waals surface area contributed by atoms with Gasteiger partial charge in [0, 0.05) is 29.2 Å². The van der Waals surface area contributed by atoms with Gasteiger partial charge < -0.3 is 9.84 Å². The molecule has 3 atom stereocenters. The minimum Gasteiger partial charge on any atom is -0.393 e. The molecule has 0 amide bonds. The standard InChI is InChI=1S/C26H26ClNO2/c27-22-12-10-21(11-13-22)26(30-24-15-14-23(29)16-24)25-9-5-4-8-20(25)18-28(26)17-19-6-2-1-3-7-19/h1-13,23-24,29H,14-18H2. The van der Waals surface area contributed by atoms with Gasteiger partial charge in [-0.25, -0.2) is 0 Å². The number of aliphatic hydroxyl groups is 1. The summed E-state index contributed by atoms with van der Waals surface area (Å²) in [4.78, 5) is 2.42. The van der Waals surface area contributed by atoms with Gasteiger partial charge in [0.15, 0.2) is 5.72 Å². The molecular formula is C26H26ClNO2. The van der Waals surface area contributed by atoms with Crippen molar-refractivity contribution in [3.05, 3.63) is 106 Å². The van der Waals surface area contributed by atoms with E-state index in [1.807, 2.05) is 18.2 Å². The lowest BCUT2D eigenvalue weighted by atomic mass is 9.92. The molecule has 1 saturated carbocycles.